The summed E-state index contributed by atoms with van der Waals surface area (Å²) in [7, 11) is 3.63. The number of aromatic nitrogens is 3. The molecule has 0 unspecified atom stereocenters. The SMILES string of the molecule is COc1ccc(-c2nn(Cc3ccccc3)cc2C(=O)NCc2ccc(C)n2C)cc1. The molecule has 0 radical (unpaired) electrons. The maximum Gasteiger partial charge on any atom is 0.255 e. The number of amides is 1. The van der Waals surface area contributed by atoms with Gasteiger partial charge in [0, 0.05) is 30.2 Å². The van der Waals surface area contributed by atoms with Gasteiger partial charge in [-0.25, -0.2) is 0 Å². The lowest BCUT2D eigenvalue weighted by molar-refractivity contribution is 0.0950. The highest BCUT2D eigenvalue weighted by molar-refractivity contribution is 5.99. The molecule has 6 heteroatoms. The van der Waals surface area contributed by atoms with Gasteiger partial charge in [-0.1, -0.05) is 30.3 Å². The second kappa shape index (κ2) is 8.92. The molecule has 6 nitrogen and oxygen atoms in total. The van der Waals surface area contributed by atoms with Crippen molar-refractivity contribution in [2.75, 3.05) is 7.11 Å². The minimum absolute atomic E-state index is 0.149. The Kier molecular flexibility index (Phi) is 5.89. The van der Waals surface area contributed by atoms with Crippen molar-refractivity contribution in [2.24, 2.45) is 7.05 Å². The Balaban J connectivity index is 1.63. The van der Waals surface area contributed by atoms with E-state index in [4.69, 9.17) is 9.84 Å². The summed E-state index contributed by atoms with van der Waals surface area (Å²) < 4.78 is 9.15. The maximum absolute atomic E-state index is 13.1. The van der Waals surface area contributed by atoms with E-state index in [1.807, 2.05) is 91.6 Å². The molecule has 0 saturated carbocycles. The third-order valence-corrected chi connectivity index (χ3v) is 5.46. The van der Waals surface area contributed by atoms with Gasteiger partial charge in [-0.2, -0.15) is 5.10 Å². The van der Waals surface area contributed by atoms with Crippen LogP contribution >= 0.6 is 0 Å². The minimum Gasteiger partial charge on any atom is -0.497 e. The van der Waals surface area contributed by atoms with Crippen molar-refractivity contribution in [3.63, 3.8) is 0 Å². The van der Waals surface area contributed by atoms with E-state index in [-0.39, 0.29) is 5.91 Å². The summed E-state index contributed by atoms with van der Waals surface area (Å²) in [4.78, 5) is 13.1. The van der Waals surface area contributed by atoms with Gasteiger partial charge >= 0.3 is 0 Å². The summed E-state index contributed by atoms with van der Waals surface area (Å²) in [6.45, 7) is 3.09. The number of ether oxygens (including phenoxy) is 1. The molecule has 0 aliphatic carbocycles. The second-order valence-electron chi connectivity index (χ2n) is 7.51. The summed E-state index contributed by atoms with van der Waals surface area (Å²) in [6, 6.07) is 21.7. The Labute approximate surface area is 182 Å². The van der Waals surface area contributed by atoms with Crippen LogP contribution in [0.15, 0.2) is 72.9 Å². The fraction of sp³-hybridized carbons (Fsp3) is 0.200. The fourth-order valence-corrected chi connectivity index (χ4v) is 3.51. The van der Waals surface area contributed by atoms with Crippen LogP contribution in [-0.2, 0) is 20.1 Å². The van der Waals surface area contributed by atoms with E-state index in [9.17, 15) is 4.79 Å². The summed E-state index contributed by atoms with van der Waals surface area (Å²) in [5.41, 5.74) is 5.39. The molecule has 2 heterocycles. The number of carbonyl (C=O) groups is 1. The lowest BCUT2D eigenvalue weighted by Crippen LogP contribution is -2.24. The summed E-state index contributed by atoms with van der Waals surface area (Å²) in [5, 5.41) is 7.78. The molecule has 0 aliphatic rings. The topological polar surface area (TPSA) is 61.1 Å². The van der Waals surface area contributed by atoms with E-state index in [0.717, 1.165) is 28.3 Å². The Bertz CT molecular complexity index is 1170. The Morgan fingerprint density at radius 3 is 2.42 bits per heavy atom. The number of carbonyl (C=O) groups excluding carboxylic acids is 1. The first-order valence-electron chi connectivity index (χ1n) is 10.2. The van der Waals surface area contributed by atoms with Gasteiger partial charge in [0.25, 0.3) is 5.91 Å². The quantitative estimate of drug-likeness (QED) is 0.493. The van der Waals surface area contributed by atoms with Gasteiger partial charge in [-0.15, -0.1) is 0 Å². The zero-order valence-electron chi connectivity index (χ0n) is 18.0. The molecule has 2 aromatic heterocycles. The average molecular weight is 415 g/mol. The van der Waals surface area contributed by atoms with Gasteiger partial charge in [-0.3, -0.25) is 9.48 Å². The summed E-state index contributed by atoms with van der Waals surface area (Å²) >= 11 is 0. The molecular weight excluding hydrogens is 388 g/mol. The van der Waals surface area contributed by atoms with E-state index in [2.05, 4.69) is 9.88 Å². The number of methoxy groups -OCH3 is 1. The van der Waals surface area contributed by atoms with Crippen molar-refractivity contribution >= 4 is 5.91 Å². The highest BCUT2D eigenvalue weighted by Gasteiger charge is 2.18. The number of hydrogen-bond acceptors (Lipinski definition) is 3. The molecule has 0 atom stereocenters. The predicted octanol–water partition coefficient (Wildman–Crippen LogP) is 4.18. The van der Waals surface area contributed by atoms with Crippen LogP contribution in [0.5, 0.6) is 5.75 Å². The van der Waals surface area contributed by atoms with E-state index >= 15 is 0 Å². The van der Waals surface area contributed by atoms with Gasteiger partial charge in [-0.05, 0) is 48.9 Å². The highest BCUT2D eigenvalue weighted by Crippen LogP contribution is 2.25. The van der Waals surface area contributed by atoms with Crippen LogP contribution in [0.25, 0.3) is 11.3 Å². The number of benzene rings is 2. The van der Waals surface area contributed by atoms with Crippen LogP contribution in [0, 0.1) is 6.92 Å². The van der Waals surface area contributed by atoms with Crippen LogP contribution in [0.1, 0.15) is 27.3 Å². The molecule has 1 amide bonds. The van der Waals surface area contributed by atoms with E-state index < -0.39 is 0 Å². The Morgan fingerprint density at radius 2 is 1.77 bits per heavy atom. The number of nitrogens with zero attached hydrogens (tertiary/aromatic N) is 3. The third kappa shape index (κ3) is 4.53. The first-order chi connectivity index (χ1) is 15.0. The molecule has 158 valence electrons. The van der Waals surface area contributed by atoms with Crippen molar-refractivity contribution in [2.45, 2.75) is 20.0 Å². The number of nitrogens with one attached hydrogen (secondary N) is 1. The lowest BCUT2D eigenvalue weighted by atomic mass is 10.1. The van der Waals surface area contributed by atoms with Crippen LogP contribution in [0.3, 0.4) is 0 Å². The van der Waals surface area contributed by atoms with Crippen LogP contribution in [-0.4, -0.2) is 27.4 Å². The zero-order chi connectivity index (χ0) is 21.8. The molecule has 2 aromatic carbocycles. The van der Waals surface area contributed by atoms with Gasteiger partial charge in [0.1, 0.15) is 11.4 Å². The largest absolute Gasteiger partial charge is 0.497 e. The lowest BCUT2D eigenvalue weighted by Gasteiger charge is -2.08. The molecular formula is C25H26N4O2. The second-order valence-corrected chi connectivity index (χ2v) is 7.51. The van der Waals surface area contributed by atoms with Crippen molar-refractivity contribution in [1.82, 2.24) is 19.7 Å². The summed E-state index contributed by atoms with van der Waals surface area (Å²) in [5.74, 6) is 0.613. The zero-order valence-corrected chi connectivity index (χ0v) is 18.0. The smallest absolute Gasteiger partial charge is 0.255 e. The Hall–Kier alpha value is -3.80. The van der Waals surface area contributed by atoms with E-state index in [0.29, 0.717) is 24.3 Å². The van der Waals surface area contributed by atoms with Gasteiger partial charge in [0.05, 0.1) is 25.8 Å². The summed E-state index contributed by atoms with van der Waals surface area (Å²) in [6.07, 6.45) is 1.82. The van der Waals surface area contributed by atoms with E-state index in [1.54, 1.807) is 7.11 Å². The van der Waals surface area contributed by atoms with Crippen LogP contribution in [0.4, 0.5) is 0 Å². The van der Waals surface area contributed by atoms with Gasteiger partial charge in [0.2, 0.25) is 0 Å². The van der Waals surface area contributed by atoms with Crippen LogP contribution in [0.2, 0.25) is 0 Å². The molecule has 0 aliphatic heterocycles. The minimum atomic E-state index is -0.149. The average Bonchev–Trinajstić information content (AvgIpc) is 3.36. The highest BCUT2D eigenvalue weighted by atomic mass is 16.5. The fourth-order valence-electron chi connectivity index (χ4n) is 3.51. The van der Waals surface area contributed by atoms with Crippen molar-refractivity contribution in [1.29, 1.82) is 0 Å². The van der Waals surface area contributed by atoms with E-state index in [1.165, 1.54) is 0 Å². The third-order valence-electron chi connectivity index (χ3n) is 5.46. The molecule has 4 aromatic rings. The molecule has 4 rings (SSSR count). The van der Waals surface area contributed by atoms with Crippen LogP contribution < -0.4 is 10.1 Å². The van der Waals surface area contributed by atoms with Crippen molar-refractivity contribution in [3.8, 4) is 17.0 Å². The Morgan fingerprint density at radius 1 is 1.03 bits per heavy atom. The number of aryl methyl sites for hydroxylation is 1. The number of rotatable bonds is 7. The normalized spacial score (nSPS) is 10.8. The molecule has 0 spiro atoms. The monoisotopic (exact) mass is 414 g/mol. The number of hydrogen-bond donors (Lipinski definition) is 1. The molecule has 0 fully saturated rings. The molecule has 1 N–H and O–H groups in total. The van der Waals surface area contributed by atoms with Gasteiger partial charge in [0.15, 0.2) is 0 Å². The van der Waals surface area contributed by atoms with Gasteiger partial charge < -0.3 is 14.6 Å². The predicted molar refractivity (Wildman–Crippen MR) is 121 cm³/mol. The molecule has 0 bridgehead atoms. The molecule has 31 heavy (non-hydrogen) atoms. The maximum atomic E-state index is 13.1. The van der Waals surface area contributed by atoms with Crippen molar-refractivity contribution < 1.29 is 9.53 Å². The first kappa shape index (κ1) is 20.5. The standard InChI is InChI=1S/C25H26N4O2/c1-18-9-12-21(28(18)2)15-26-25(30)23-17-29(16-19-7-5-4-6-8-19)27-24(23)20-10-13-22(31-3)14-11-20/h4-14,17H,15-16H2,1-3H3,(H,26,30). The molecule has 0 saturated heterocycles. The first-order valence-corrected chi connectivity index (χ1v) is 10.2. The van der Waals surface area contributed by atoms with Crippen molar-refractivity contribution in [3.05, 3.63) is 95.4 Å².